The van der Waals surface area contributed by atoms with Crippen molar-refractivity contribution in [1.29, 1.82) is 0 Å². The lowest BCUT2D eigenvalue weighted by molar-refractivity contribution is 0.566. The Morgan fingerprint density at radius 2 is 2.32 bits per heavy atom. The predicted octanol–water partition coefficient (Wildman–Crippen LogP) is 1.28. The minimum absolute atomic E-state index is 0.188. The van der Waals surface area contributed by atoms with Gasteiger partial charge in [-0.3, -0.25) is 0 Å². The molecule has 0 aliphatic rings. The summed E-state index contributed by atoms with van der Waals surface area (Å²) in [5, 5.41) is 2.64. The van der Waals surface area contributed by atoms with Crippen LogP contribution in [0, 0.1) is 6.92 Å². The van der Waals surface area contributed by atoms with Gasteiger partial charge in [-0.15, -0.1) is 11.3 Å². The van der Waals surface area contributed by atoms with Gasteiger partial charge >= 0.3 is 0 Å². The molecule has 0 amide bonds. The highest BCUT2D eigenvalue weighted by atomic mass is 32.2. The first-order chi connectivity index (χ1) is 8.92. The number of aromatic amines is 1. The Bertz CT molecular complexity index is 660. The molecule has 0 aliphatic heterocycles. The summed E-state index contributed by atoms with van der Waals surface area (Å²) in [4.78, 5) is 7.28. The second kappa shape index (κ2) is 5.41. The van der Waals surface area contributed by atoms with Crippen LogP contribution in [0.2, 0.25) is 0 Å². The van der Waals surface area contributed by atoms with E-state index < -0.39 is 10.0 Å². The van der Waals surface area contributed by atoms with E-state index >= 15 is 0 Å². The Morgan fingerprint density at radius 1 is 1.58 bits per heavy atom. The zero-order valence-corrected chi connectivity index (χ0v) is 12.3. The lowest BCUT2D eigenvalue weighted by atomic mass is 10.4. The lowest BCUT2D eigenvalue weighted by Crippen LogP contribution is -2.26. The standard InChI is InChI=1S/C11H16N4O2S2/c1-7-6-18-11(14-7)8(2)15-19(16,17)10-3-9(4-12)13-5-10/h3,5-6,8,13,15H,4,12H2,1-2H3. The van der Waals surface area contributed by atoms with Gasteiger partial charge in [-0.2, -0.15) is 0 Å². The number of nitrogens with zero attached hydrogens (tertiary/aromatic N) is 1. The summed E-state index contributed by atoms with van der Waals surface area (Å²) >= 11 is 1.44. The molecule has 19 heavy (non-hydrogen) atoms. The average molecular weight is 300 g/mol. The molecular formula is C11H16N4O2S2. The zero-order chi connectivity index (χ0) is 14.0. The summed E-state index contributed by atoms with van der Waals surface area (Å²) in [5.74, 6) is 0. The highest BCUT2D eigenvalue weighted by Crippen LogP contribution is 2.20. The van der Waals surface area contributed by atoms with E-state index in [0.29, 0.717) is 5.69 Å². The van der Waals surface area contributed by atoms with Crippen molar-refractivity contribution in [3.8, 4) is 0 Å². The van der Waals surface area contributed by atoms with E-state index in [1.54, 1.807) is 6.92 Å². The van der Waals surface area contributed by atoms with Gasteiger partial charge in [-0.05, 0) is 19.9 Å². The molecule has 1 unspecified atom stereocenters. The van der Waals surface area contributed by atoms with Crippen LogP contribution in [0.1, 0.15) is 29.4 Å². The molecule has 4 N–H and O–H groups in total. The summed E-state index contributed by atoms with van der Waals surface area (Å²) in [5.41, 5.74) is 7.01. The molecule has 0 bridgehead atoms. The largest absolute Gasteiger partial charge is 0.363 e. The van der Waals surface area contributed by atoms with Crippen molar-refractivity contribution >= 4 is 21.4 Å². The van der Waals surface area contributed by atoms with Gasteiger partial charge in [0.05, 0.1) is 10.9 Å². The fourth-order valence-corrected chi connectivity index (χ4v) is 3.72. The van der Waals surface area contributed by atoms with Crippen molar-refractivity contribution in [1.82, 2.24) is 14.7 Å². The van der Waals surface area contributed by atoms with E-state index in [9.17, 15) is 8.42 Å². The quantitative estimate of drug-likeness (QED) is 0.774. The summed E-state index contributed by atoms with van der Waals surface area (Å²) in [6.07, 6.45) is 1.43. The predicted molar refractivity (Wildman–Crippen MR) is 74.3 cm³/mol. The Kier molecular flexibility index (Phi) is 4.04. The van der Waals surface area contributed by atoms with E-state index in [1.807, 2.05) is 12.3 Å². The number of hydrogen-bond donors (Lipinski definition) is 3. The van der Waals surface area contributed by atoms with Crippen LogP contribution in [0.15, 0.2) is 22.5 Å². The fourth-order valence-electron chi connectivity index (χ4n) is 1.61. The second-order valence-corrected chi connectivity index (χ2v) is 6.84. The van der Waals surface area contributed by atoms with E-state index in [4.69, 9.17) is 5.73 Å². The minimum Gasteiger partial charge on any atom is -0.363 e. The maximum absolute atomic E-state index is 12.2. The van der Waals surface area contributed by atoms with Crippen LogP contribution < -0.4 is 10.5 Å². The van der Waals surface area contributed by atoms with Crippen molar-refractivity contribution < 1.29 is 8.42 Å². The van der Waals surface area contributed by atoms with Crippen LogP contribution in [0.4, 0.5) is 0 Å². The molecule has 0 saturated heterocycles. The van der Waals surface area contributed by atoms with Gasteiger partial charge in [0.1, 0.15) is 5.01 Å². The number of thiazole rings is 1. The van der Waals surface area contributed by atoms with Gasteiger partial charge in [-0.25, -0.2) is 18.1 Å². The molecule has 8 heteroatoms. The van der Waals surface area contributed by atoms with Crippen molar-refractivity contribution in [2.45, 2.75) is 31.3 Å². The third-order valence-electron chi connectivity index (χ3n) is 2.59. The summed E-state index contributed by atoms with van der Waals surface area (Å²) in [6, 6.07) is 1.17. The molecule has 0 radical (unpaired) electrons. The van der Waals surface area contributed by atoms with E-state index in [2.05, 4.69) is 14.7 Å². The Labute approximate surface area is 116 Å². The van der Waals surface area contributed by atoms with Crippen LogP contribution in [-0.2, 0) is 16.6 Å². The second-order valence-electron chi connectivity index (χ2n) is 4.23. The Morgan fingerprint density at radius 3 is 2.84 bits per heavy atom. The molecule has 0 saturated carbocycles. The number of nitrogens with two attached hydrogens (primary N) is 1. The first-order valence-electron chi connectivity index (χ1n) is 5.74. The van der Waals surface area contributed by atoms with Crippen LogP contribution in [0.25, 0.3) is 0 Å². The van der Waals surface area contributed by atoms with Crippen LogP contribution in [-0.4, -0.2) is 18.4 Å². The van der Waals surface area contributed by atoms with Crippen molar-refractivity contribution in [3.63, 3.8) is 0 Å². The molecule has 6 nitrogen and oxygen atoms in total. The molecular weight excluding hydrogens is 284 g/mol. The summed E-state index contributed by atoms with van der Waals surface area (Å²) in [6.45, 7) is 3.92. The maximum atomic E-state index is 12.2. The average Bonchev–Trinajstić information content (AvgIpc) is 2.96. The highest BCUT2D eigenvalue weighted by molar-refractivity contribution is 7.89. The summed E-state index contributed by atoms with van der Waals surface area (Å²) in [7, 11) is -3.56. The van der Waals surface area contributed by atoms with Gasteiger partial charge in [0.25, 0.3) is 0 Å². The molecule has 2 aromatic heterocycles. The zero-order valence-electron chi connectivity index (χ0n) is 10.7. The van der Waals surface area contributed by atoms with E-state index in [1.165, 1.54) is 23.6 Å². The van der Waals surface area contributed by atoms with Gasteiger partial charge in [-0.1, -0.05) is 0 Å². The van der Waals surface area contributed by atoms with Gasteiger partial charge in [0.2, 0.25) is 10.0 Å². The number of hydrogen-bond acceptors (Lipinski definition) is 5. The number of H-pyrrole nitrogens is 1. The summed E-state index contributed by atoms with van der Waals surface area (Å²) < 4.78 is 26.9. The first-order valence-corrected chi connectivity index (χ1v) is 8.10. The SMILES string of the molecule is Cc1csc(C(C)NS(=O)(=O)c2c[nH]c(CN)c2)n1. The minimum atomic E-state index is -3.56. The molecule has 0 aliphatic carbocycles. The van der Waals surface area contributed by atoms with Gasteiger partial charge in [0, 0.05) is 29.5 Å². The van der Waals surface area contributed by atoms with Crippen molar-refractivity contribution in [3.05, 3.63) is 34.0 Å². The van der Waals surface area contributed by atoms with E-state index in [-0.39, 0.29) is 17.5 Å². The molecule has 0 aromatic carbocycles. The topological polar surface area (TPSA) is 101 Å². The highest BCUT2D eigenvalue weighted by Gasteiger charge is 2.21. The molecule has 2 aromatic rings. The molecule has 1 atom stereocenters. The first kappa shape index (κ1) is 14.2. The van der Waals surface area contributed by atoms with Crippen LogP contribution in [0.5, 0.6) is 0 Å². The molecule has 2 rings (SSSR count). The maximum Gasteiger partial charge on any atom is 0.242 e. The number of aryl methyl sites for hydroxylation is 1. The number of aromatic nitrogens is 2. The third-order valence-corrected chi connectivity index (χ3v) is 5.25. The normalized spacial score (nSPS) is 13.6. The van der Waals surface area contributed by atoms with Gasteiger partial charge < -0.3 is 10.7 Å². The van der Waals surface area contributed by atoms with Gasteiger partial charge in [0.15, 0.2) is 0 Å². The van der Waals surface area contributed by atoms with Crippen LogP contribution >= 0.6 is 11.3 Å². The molecule has 104 valence electrons. The van der Waals surface area contributed by atoms with Crippen molar-refractivity contribution in [2.24, 2.45) is 5.73 Å². The van der Waals surface area contributed by atoms with E-state index in [0.717, 1.165) is 10.7 Å². The number of sulfonamides is 1. The molecule has 0 fully saturated rings. The Hall–Kier alpha value is -1.22. The van der Waals surface area contributed by atoms with Crippen molar-refractivity contribution in [2.75, 3.05) is 0 Å². The molecule has 2 heterocycles. The fraction of sp³-hybridized carbons (Fsp3) is 0.364. The monoisotopic (exact) mass is 300 g/mol. The number of rotatable bonds is 5. The molecule has 0 spiro atoms. The number of nitrogens with one attached hydrogen (secondary N) is 2. The smallest absolute Gasteiger partial charge is 0.242 e. The van der Waals surface area contributed by atoms with Crippen LogP contribution in [0.3, 0.4) is 0 Å². The Balaban J connectivity index is 2.17. The third kappa shape index (κ3) is 3.21. The lowest BCUT2D eigenvalue weighted by Gasteiger charge is -2.10.